The second-order valence-electron chi connectivity index (χ2n) is 4.84. The van der Waals surface area contributed by atoms with Gasteiger partial charge in [0.15, 0.2) is 0 Å². The molecule has 0 bridgehead atoms. The average molecular weight is 235 g/mol. The van der Waals surface area contributed by atoms with Crippen molar-refractivity contribution in [3.63, 3.8) is 0 Å². The van der Waals surface area contributed by atoms with Gasteiger partial charge in [-0.25, -0.2) is 0 Å². The van der Waals surface area contributed by atoms with Crippen LogP contribution in [0.15, 0.2) is 12.1 Å². The van der Waals surface area contributed by atoms with Crippen molar-refractivity contribution in [2.45, 2.75) is 32.2 Å². The molecule has 1 aromatic carbocycles. The first kappa shape index (κ1) is 12.2. The minimum Gasteiger partial charge on any atom is -0.496 e. The summed E-state index contributed by atoms with van der Waals surface area (Å²) in [5.41, 5.74) is 2.33. The highest BCUT2D eigenvalue weighted by Crippen LogP contribution is 2.40. The Balaban J connectivity index is 2.50. The van der Waals surface area contributed by atoms with Gasteiger partial charge in [-0.15, -0.1) is 0 Å². The molecule has 0 spiro atoms. The van der Waals surface area contributed by atoms with E-state index in [2.05, 4.69) is 18.3 Å². The highest BCUT2D eigenvalue weighted by molar-refractivity contribution is 5.52. The fraction of sp³-hybridized carbons (Fsp3) is 0.571. The van der Waals surface area contributed by atoms with Crippen LogP contribution in [0.3, 0.4) is 0 Å². The first-order chi connectivity index (χ1) is 8.12. The molecule has 3 nitrogen and oxygen atoms in total. The summed E-state index contributed by atoms with van der Waals surface area (Å²) in [4.78, 5) is 0. The van der Waals surface area contributed by atoms with Gasteiger partial charge in [-0.3, -0.25) is 0 Å². The Kier molecular flexibility index (Phi) is 3.29. The molecule has 1 heterocycles. The smallest absolute Gasteiger partial charge is 0.130 e. The van der Waals surface area contributed by atoms with Gasteiger partial charge in [-0.05, 0) is 45.4 Å². The summed E-state index contributed by atoms with van der Waals surface area (Å²) in [7, 11) is 3.42. The van der Waals surface area contributed by atoms with Crippen molar-refractivity contribution in [3.05, 3.63) is 23.3 Å². The van der Waals surface area contributed by atoms with Gasteiger partial charge in [0.05, 0.1) is 14.2 Å². The van der Waals surface area contributed by atoms with Gasteiger partial charge in [0.2, 0.25) is 0 Å². The van der Waals surface area contributed by atoms with Gasteiger partial charge < -0.3 is 14.8 Å². The van der Waals surface area contributed by atoms with Crippen molar-refractivity contribution < 1.29 is 9.47 Å². The summed E-state index contributed by atoms with van der Waals surface area (Å²) in [6.07, 6.45) is 2.36. The van der Waals surface area contributed by atoms with Gasteiger partial charge in [-0.1, -0.05) is 0 Å². The molecule has 1 unspecified atom stereocenters. The second-order valence-corrected chi connectivity index (χ2v) is 4.84. The van der Waals surface area contributed by atoms with E-state index in [0.717, 1.165) is 30.0 Å². The van der Waals surface area contributed by atoms with E-state index < -0.39 is 0 Å². The fourth-order valence-electron chi connectivity index (χ4n) is 2.72. The Hall–Kier alpha value is -1.22. The summed E-state index contributed by atoms with van der Waals surface area (Å²) in [5, 5.41) is 3.57. The molecular formula is C14H21NO2. The van der Waals surface area contributed by atoms with Crippen LogP contribution in [-0.4, -0.2) is 20.8 Å². The van der Waals surface area contributed by atoms with Crippen LogP contribution in [0.1, 0.15) is 30.9 Å². The molecule has 0 saturated carbocycles. The van der Waals surface area contributed by atoms with Crippen LogP contribution >= 0.6 is 0 Å². The molecule has 1 aromatic rings. The molecule has 17 heavy (non-hydrogen) atoms. The molecular weight excluding hydrogens is 214 g/mol. The lowest BCUT2D eigenvalue weighted by molar-refractivity contribution is 0.359. The van der Waals surface area contributed by atoms with E-state index in [9.17, 15) is 0 Å². The Morgan fingerprint density at radius 1 is 1.24 bits per heavy atom. The van der Waals surface area contributed by atoms with Crippen molar-refractivity contribution >= 4 is 0 Å². The lowest BCUT2D eigenvalue weighted by atomic mass is 9.88. The Morgan fingerprint density at radius 3 is 2.53 bits per heavy atom. The number of nitrogens with one attached hydrogen (secondary N) is 1. The number of hydrogen-bond acceptors (Lipinski definition) is 3. The summed E-state index contributed by atoms with van der Waals surface area (Å²) in [5.74, 6) is 1.83. The van der Waals surface area contributed by atoms with Gasteiger partial charge in [0.1, 0.15) is 11.5 Å². The summed E-state index contributed by atoms with van der Waals surface area (Å²) >= 11 is 0. The zero-order valence-corrected chi connectivity index (χ0v) is 11.1. The zero-order valence-electron chi connectivity index (χ0n) is 11.1. The number of hydrogen-bond donors (Lipinski definition) is 1. The largest absolute Gasteiger partial charge is 0.496 e. The van der Waals surface area contributed by atoms with E-state index in [0.29, 0.717) is 0 Å². The molecule has 1 aliphatic rings. The monoisotopic (exact) mass is 235 g/mol. The minimum atomic E-state index is 0.0301. The third kappa shape index (κ3) is 2.00. The van der Waals surface area contributed by atoms with E-state index in [-0.39, 0.29) is 5.54 Å². The standard InChI is InChI=1S/C14H21NO2/c1-10-12(16-3)7-6-11(13(10)17-4)14(2)8-5-9-15-14/h6-7,15H,5,8-9H2,1-4H3. The molecule has 3 heteroatoms. The van der Waals surface area contributed by atoms with Crippen molar-refractivity contribution in [2.24, 2.45) is 0 Å². The van der Waals surface area contributed by atoms with Crippen LogP contribution in [0.5, 0.6) is 11.5 Å². The maximum absolute atomic E-state index is 5.58. The summed E-state index contributed by atoms with van der Waals surface area (Å²) < 4.78 is 10.9. The van der Waals surface area contributed by atoms with Gasteiger partial charge in [-0.2, -0.15) is 0 Å². The van der Waals surface area contributed by atoms with Crippen molar-refractivity contribution in [3.8, 4) is 11.5 Å². The van der Waals surface area contributed by atoms with Crippen LogP contribution < -0.4 is 14.8 Å². The topological polar surface area (TPSA) is 30.5 Å². The maximum Gasteiger partial charge on any atom is 0.130 e. The SMILES string of the molecule is COc1ccc(C2(C)CCCN2)c(OC)c1C. The Morgan fingerprint density at radius 2 is 2.00 bits per heavy atom. The second kappa shape index (κ2) is 4.57. The number of ether oxygens (including phenoxy) is 2. The average Bonchev–Trinajstić information content (AvgIpc) is 2.77. The fourth-order valence-corrected chi connectivity index (χ4v) is 2.72. The Labute approximate surface area is 103 Å². The highest BCUT2D eigenvalue weighted by Gasteiger charge is 2.33. The molecule has 1 N–H and O–H groups in total. The van der Waals surface area contributed by atoms with Gasteiger partial charge in [0, 0.05) is 16.7 Å². The van der Waals surface area contributed by atoms with Crippen LogP contribution in [0.2, 0.25) is 0 Å². The normalized spacial score (nSPS) is 23.8. The minimum absolute atomic E-state index is 0.0301. The lowest BCUT2D eigenvalue weighted by Gasteiger charge is -2.28. The van der Waals surface area contributed by atoms with Crippen LogP contribution in [0, 0.1) is 6.92 Å². The van der Waals surface area contributed by atoms with E-state index in [1.807, 2.05) is 13.0 Å². The first-order valence-electron chi connectivity index (χ1n) is 6.09. The zero-order chi connectivity index (χ0) is 12.5. The van der Waals surface area contributed by atoms with Crippen LogP contribution in [0.4, 0.5) is 0 Å². The van der Waals surface area contributed by atoms with Crippen molar-refractivity contribution in [1.29, 1.82) is 0 Å². The van der Waals surface area contributed by atoms with Crippen molar-refractivity contribution in [1.82, 2.24) is 5.32 Å². The third-order valence-electron chi connectivity index (χ3n) is 3.74. The molecule has 1 fully saturated rings. The third-order valence-corrected chi connectivity index (χ3v) is 3.74. The molecule has 0 amide bonds. The van der Waals surface area contributed by atoms with E-state index in [1.165, 1.54) is 12.0 Å². The summed E-state index contributed by atoms with van der Waals surface area (Å²) in [6.45, 7) is 5.36. The number of rotatable bonds is 3. The number of methoxy groups -OCH3 is 2. The lowest BCUT2D eigenvalue weighted by Crippen LogP contribution is -2.33. The molecule has 0 radical (unpaired) electrons. The van der Waals surface area contributed by atoms with Gasteiger partial charge in [0.25, 0.3) is 0 Å². The van der Waals surface area contributed by atoms with Gasteiger partial charge >= 0.3 is 0 Å². The van der Waals surface area contributed by atoms with E-state index >= 15 is 0 Å². The molecule has 1 atom stereocenters. The predicted octanol–water partition coefficient (Wildman–Crippen LogP) is 2.61. The van der Waals surface area contributed by atoms with E-state index in [4.69, 9.17) is 9.47 Å². The first-order valence-corrected chi connectivity index (χ1v) is 6.09. The van der Waals surface area contributed by atoms with E-state index in [1.54, 1.807) is 14.2 Å². The molecule has 1 saturated heterocycles. The Bertz CT molecular complexity index is 409. The molecule has 0 aliphatic carbocycles. The molecule has 1 aliphatic heterocycles. The van der Waals surface area contributed by atoms with Crippen LogP contribution in [0.25, 0.3) is 0 Å². The maximum atomic E-state index is 5.58. The molecule has 94 valence electrons. The highest BCUT2D eigenvalue weighted by atomic mass is 16.5. The number of benzene rings is 1. The summed E-state index contributed by atoms with van der Waals surface area (Å²) in [6, 6.07) is 4.14. The predicted molar refractivity (Wildman–Crippen MR) is 68.9 cm³/mol. The quantitative estimate of drug-likeness (QED) is 0.873. The molecule has 0 aromatic heterocycles. The van der Waals surface area contributed by atoms with Crippen molar-refractivity contribution in [2.75, 3.05) is 20.8 Å². The molecule has 2 rings (SSSR count). The van der Waals surface area contributed by atoms with Crippen LogP contribution in [-0.2, 0) is 5.54 Å².